The van der Waals surface area contributed by atoms with Gasteiger partial charge in [0.05, 0.1) is 6.04 Å². The quantitative estimate of drug-likeness (QED) is 0.849. The molecule has 0 radical (unpaired) electrons. The van der Waals surface area contributed by atoms with Crippen molar-refractivity contribution in [1.29, 1.82) is 0 Å². The summed E-state index contributed by atoms with van der Waals surface area (Å²) < 4.78 is 5.24. The van der Waals surface area contributed by atoms with Crippen molar-refractivity contribution in [3.63, 3.8) is 0 Å². The van der Waals surface area contributed by atoms with Gasteiger partial charge in [-0.3, -0.25) is 4.79 Å². The Hall–Kier alpha value is -2.21. The standard InChI is InChI=1S/C18H24N4O2/c1-2-16-21-18(24-22-16)14-8-6-13(7-9-14)10-12-20-17(23)15-5-3-4-11-19-15/h6-9,15,19H,2-5,10-12H2,1H3,(H,20,23). The highest BCUT2D eigenvalue weighted by Crippen LogP contribution is 2.18. The lowest BCUT2D eigenvalue weighted by atomic mass is 10.0. The van der Waals surface area contributed by atoms with Crippen LogP contribution >= 0.6 is 0 Å². The third-order valence-corrected chi connectivity index (χ3v) is 4.32. The van der Waals surface area contributed by atoms with E-state index in [0.29, 0.717) is 18.3 Å². The second kappa shape index (κ2) is 8.06. The molecule has 1 aromatic carbocycles. The largest absolute Gasteiger partial charge is 0.354 e. The molecule has 2 heterocycles. The van der Waals surface area contributed by atoms with Gasteiger partial charge in [0.25, 0.3) is 5.89 Å². The highest BCUT2D eigenvalue weighted by Gasteiger charge is 2.19. The van der Waals surface area contributed by atoms with Crippen molar-refractivity contribution in [2.24, 2.45) is 0 Å². The Bertz CT molecular complexity index is 660. The van der Waals surface area contributed by atoms with E-state index in [1.54, 1.807) is 0 Å². The minimum absolute atomic E-state index is 0.0218. The molecule has 6 nitrogen and oxygen atoms in total. The summed E-state index contributed by atoms with van der Waals surface area (Å²) in [5, 5.41) is 10.2. The van der Waals surface area contributed by atoms with Crippen LogP contribution in [0.2, 0.25) is 0 Å². The van der Waals surface area contributed by atoms with E-state index in [9.17, 15) is 4.79 Å². The number of carbonyl (C=O) groups is 1. The van der Waals surface area contributed by atoms with E-state index < -0.39 is 0 Å². The average molecular weight is 328 g/mol. The molecule has 1 atom stereocenters. The first kappa shape index (κ1) is 16.6. The summed E-state index contributed by atoms with van der Waals surface area (Å²) in [6.45, 7) is 3.58. The molecule has 2 N–H and O–H groups in total. The molecule has 3 rings (SSSR count). The normalized spacial score (nSPS) is 17.6. The Kier molecular flexibility index (Phi) is 5.59. The summed E-state index contributed by atoms with van der Waals surface area (Å²) in [6.07, 6.45) is 4.79. The lowest BCUT2D eigenvalue weighted by Gasteiger charge is -2.22. The molecule has 1 unspecified atom stereocenters. The van der Waals surface area contributed by atoms with Gasteiger partial charge >= 0.3 is 0 Å². The van der Waals surface area contributed by atoms with Gasteiger partial charge in [-0.05, 0) is 43.5 Å². The van der Waals surface area contributed by atoms with Crippen LogP contribution in [0.15, 0.2) is 28.8 Å². The molecule has 6 heteroatoms. The van der Waals surface area contributed by atoms with Crippen molar-refractivity contribution in [1.82, 2.24) is 20.8 Å². The summed E-state index contributed by atoms with van der Waals surface area (Å²) in [5.41, 5.74) is 2.09. The van der Waals surface area contributed by atoms with Gasteiger partial charge in [0.1, 0.15) is 0 Å². The maximum atomic E-state index is 12.1. The smallest absolute Gasteiger partial charge is 0.257 e. The number of amides is 1. The van der Waals surface area contributed by atoms with Crippen LogP contribution in [0.3, 0.4) is 0 Å². The molecule has 24 heavy (non-hydrogen) atoms. The predicted octanol–water partition coefficient (Wildman–Crippen LogP) is 2.10. The molecule has 2 aromatic rings. The molecule has 0 spiro atoms. The highest BCUT2D eigenvalue weighted by molar-refractivity contribution is 5.81. The number of carbonyl (C=O) groups excluding carboxylic acids is 1. The highest BCUT2D eigenvalue weighted by atomic mass is 16.5. The van der Waals surface area contributed by atoms with Crippen molar-refractivity contribution in [2.45, 2.75) is 45.1 Å². The summed E-state index contributed by atoms with van der Waals surface area (Å²) in [5.74, 6) is 1.38. The fourth-order valence-electron chi connectivity index (χ4n) is 2.86. The van der Waals surface area contributed by atoms with Crippen LogP contribution in [0.25, 0.3) is 11.5 Å². The van der Waals surface area contributed by atoms with Crippen molar-refractivity contribution in [3.8, 4) is 11.5 Å². The first-order valence-corrected chi connectivity index (χ1v) is 8.69. The van der Waals surface area contributed by atoms with E-state index in [2.05, 4.69) is 20.8 Å². The van der Waals surface area contributed by atoms with Crippen LogP contribution in [0, 0.1) is 0 Å². The Balaban J connectivity index is 1.48. The van der Waals surface area contributed by atoms with Crippen molar-refractivity contribution in [3.05, 3.63) is 35.7 Å². The minimum Gasteiger partial charge on any atom is -0.354 e. The number of nitrogens with zero attached hydrogens (tertiary/aromatic N) is 2. The summed E-state index contributed by atoms with van der Waals surface area (Å²) in [4.78, 5) is 16.4. The molecule has 0 aliphatic carbocycles. The van der Waals surface area contributed by atoms with Gasteiger partial charge < -0.3 is 15.2 Å². The Morgan fingerprint density at radius 2 is 2.17 bits per heavy atom. The third kappa shape index (κ3) is 4.20. The van der Waals surface area contributed by atoms with E-state index in [4.69, 9.17) is 4.52 Å². The lowest BCUT2D eigenvalue weighted by molar-refractivity contribution is -0.123. The van der Waals surface area contributed by atoms with Gasteiger partial charge in [-0.25, -0.2) is 0 Å². The number of nitrogens with one attached hydrogen (secondary N) is 2. The van der Waals surface area contributed by atoms with Crippen LogP contribution in [0.5, 0.6) is 0 Å². The van der Waals surface area contributed by atoms with Gasteiger partial charge in [-0.2, -0.15) is 4.98 Å². The second-order valence-corrected chi connectivity index (χ2v) is 6.11. The monoisotopic (exact) mass is 328 g/mol. The average Bonchev–Trinajstić information content (AvgIpc) is 3.12. The molecule has 1 saturated heterocycles. The summed E-state index contributed by atoms with van der Waals surface area (Å²) in [7, 11) is 0. The Morgan fingerprint density at radius 1 is 1.33 bits per heavy atom. The number of rotatable bonds is 6. The minimum atomic E-state index is -0.0218. The van der Waals surface area contributed by atoms with Crippen LogP contribution < -0.4 is 10.6 Å². The zero-order chi connectivity index (χ0) is 16.8. The van der Waals surface area contributed by atoms with Crippen molar-refractivity contribution in [2.75, 3.05) is 13.1 Å². The van der Waals surface area contributed by atoms with Gasteiger partial charge in [0, 0.05) is 18.5 Å². The third-order valence-electron chi connectivity index (χ3n) is 4.32. The van der Waals surface area contributed by atoms with E-state index in [1.807, 2.05) is 31.2 Å². The Morgan fingerprint density at radius 3 is 2.83 bits per heavy atom. The molecular weight excluding hydrogens is 304 g/mol. The maximum Gasteiger partial charge on any atom is 0.257 e. The molecule has 1 aromatic heterocycles. The van der Waals surface area contributed by atoms with Gasteiger partial charge in [-0.15, -0.1) is 0 Å². The van der Waals surface area contributed by atoms with Crippen LogP contribution in [-0.4, -0.2) is 35.2 Å². The molecule has 1 aliphatic heterocycles. The number of piperidine rings is 1. The molecule has 1 fully saturated rings. The number of hydrogen-bond acceptors (Lipinski definition) is 5. The second-order valence-electron chi connectivity index (χ2n) is 6.11. The number of aryl methyl sites for hydroxylation is 1. The van der Waals surface area contributed by atoms with Crippen LogP contribution in [0.4, 0.5) is 0 Å². The fraction of sp³-hybridized carbons (Fsp3) is 0.500. The van der Waals surface area contributed by atoms with Crippen molar-refractivity contribution < 1.29 is 9.32 Å². The van der Waals surface area contributed by atoms with Gasteiger partial charge in [-0.1, -0.05) is 30.6 Å². The topological polar surface area (TPSA) is 80.0 Å². The predicted molar refractivity (Wildman–Crippen MR) is 91.5 cm³/mol. The Labute approximate surface area is 142 Å². The first-order chi connectivity index (χ1) is 11.8. The number of aromatic nitrogens is 2. The SMILES string of the molecule is CCc1noc(-c2ccc(CCNC(=O)C3CCCCN3)cc2)n1. The van der Waals surface area contributed by atoms with Crippen LogP contribution in [0.1, 0.15) is 37.6 Å². The zero-order valence-electron chi connectivity index (χ0n) is 14.0. The zero-order valence-corrected chi connectivity index (χ0v) is 14.0. The van der Waals surface area contributed by atoms with E-state index >= 15 is 0 Å². The molecule has 1 aliphatic rings. The van der Waals surface area contributed by atoms with Crippen molar-refractivity contribution >= 4 is 5.91 Å². The van der Waals surface area contributed by atoms with Gasteiger partial charge in [0.2, 0.25) is 5.91 Å². The van der Waals surface area contributed by atoms with E-state index in [-0.39, 0.29) is 11.9 Å². The molecule has 1 amide bonds. The number of benzene rings is 1. The molecule has 128 valence electrons. The molecular formula is C18H24N4O2. The fourth-order valence-corrected chi connectivity index (χ4v) is 2.86. The van der Waals surface area contributed by atoms with E-state index in [0.717, 1.165) is 44.2 Å². The van der Waals surface area contributed by atoms with Gasteiger partial charge in [0.15, 0.2) is 5.82 Å². The maximum absolute atomic E-state index is 12.1. The lowest BCUT2D eigenvalue weighted by Crippen LogP contribution is -2.47. The summed E-state index contributed by atoms with van der Waals surface area (Å²) >= 11 is 0. The van der Waals surface area contributed by atoms with E-state index in [1.165, 1.54) is 5.56 Å². The first-order valence-electron chi connectivity index (χ1n) is 8.69. The van der Waals surface area contributed by atoms with Crippen LogP contribution in [-0.2, 0) is 17.6 Å². The number of hydrogen-bond donors (Lipinski definition) is 2. The molecule has 0 saturated carbocycles. The molecule has 0 bridgehead atoms. The summed E-state index contributed by atoms with van der Waals surface area (Å²) in [6, 6.07) is 8.01.